The summed E-state index contributed by atoms with van der Waals surface area (Å²) in [6.45, 7) is 0.695. The second-order valence-corrected chi connectivity index (χ2v) is 8.73. The van der Waals surface area contributed by atoms with Crippen LogP contribution in [0.2, 0.25) is 0 Å². The number of aryl methyl sites for hydroxylation is 1. The van der Waals surface area contributed by atoms with Gasteiger partial charge in [-0.05, 0) is 36.5 Å². The van der Waals surface area contributed by atoms with E-state index in [1.54, 1.807) is 11.1 Å². The molecule has 0 saturated carbocycles. The van der Waals surface area contributed by atoms with E-state index in [1.165, 1.54) is 16.1 Å². The van der Waals surface area contributed by atoms with Gasteiger partial charge >= 0.3 is 6.03 Å². The first-order valence-electron chi connectivity index (χ1n) is 11.2. The monoisotopic (exact) mass is 430 g/mol. The molecule has 2 aromatic rings. The summed E-state index contributed by atoms with van der Waals surface area (Å²) >= 11 is 0. The Morgan fingerprint density at radius 1 is 1.00 bits per heavy atom. The summed E-state index contributed by atoms with van der Waals surface area (Å²) in [4.78, 5) is 29.8. The number of hydrogen-bond donors (Lipinski definition) is 2. The first kappa shape index (κ1) is 19.3. The van der Waals surface area contributed by atoms with Gasteiger partial charge in [0.1, 0.15) is 12.7 Å². The molecule has 4 aliphatic heterocycles. The zero-order valence-electron chi connectivity index (χ0n) is 17.7. The number of anilines is 1. The highest BCUT2D eigenvalue weighted by Gasteiger charge is 2.48. The Balaban J connectivity index is 1.17. The number of hydrazine groups is 2. The second-order valence-electron chi connectivity index (χ2n) is 8.73. The number of carbonyl (C=O) groups is 2. The molecule has 6 rings (SSSR count). The van der Waals surface area contributed by atoms with Crippen LogP contribution in [0.1, 0.15) is 30.0 Å². The van der Waals surface area contributed by atoms with Crippen LogP contribution >= 0.6 is 0 Å². The molecule has 164 valence electrons. The average molecular weight is 431 g/mol. The molecule has 4 aliphatic rings. The fourth-order valence-corrected chi connectivity index (χ4v) is 5.25. The number of rotatable bonds is 3. The normalized spacial score (nSPS) is 26.2. The van der Waals surface area contributed by atoms with Gasteiger partial charge in [0.2, 0.25) is 5.91 Å². The number of fused-ring (bicyclic) bond motifs is 4. The maximum atomic E-state index is 13.2. The van der Waals surface area contributed by atoms with Gasteiger partial charge in [0, 0.05) is 24.6 Å². The number of benzene rings is 2. The molecule has 0 bridgehead atoms. The van der Waals surface area contributed by atoms with Crippen LogP contribution in [0.15, 0.2) is 67.0 Å². The van der Waals surface area contributed by atoms with Crippen molar-refractivity contribution in [3.8, 4) is 0 Å². The van der Waals surface area contributed by atoms with Gasteiger partial charge in [-0.3, -0.25) is 9.69 Å². The number of carbonyl (C=O) groups excluding carboxylic acids is 2. The molecular weight excluding hydrogens is 404 g/mol. The summed E-state index contributed by atoms with van der Waals surface area (Å²) in [7, 11) is 0. The Bertz CT molecular complexity index is 1070. The number of nitrogens with one attached hydrogen (secondary N) is 2. The van der Waals surface area contributed by atoms with Crippen LogP contribution in [0, 0.1) is 0 Å². The number of para-hydroxylation sites is 1. The highest BCUT2D eigenvalue weighted by atomic mass is 16.2. The molecule has 2 N–H and O–H groups in total. The van der Waals surface area contributed by atoms with Crippen molar-refractivity contribution in [1.29, 1.82) is 0 Å². The van der Waals surface area contributed by atoms with Gasteiger partial charge in [0.15, 0.2) is 0 Å². The third kappa shape index (κ3) is 3.14. The molecule has 2 saturated heterocycles. The van der Waals surface area contributed by atoms with Crippen molar-refractivity contribution in [3.63, 3.8) is 0 Å². The third-order valence-corrected chi connectivity index (χ3v) is 6.84. The van der Waals surface area contributed by atoms with Gasteiger partial charge in [-0.15, -0.1) is 0 Å². The molecule has 0 aliphatic carbocycles. The minimum Gasteiger partial charge on any atom is -0.311 e. The van der Waals surface area contributed by atoms with Gasteiger partial charge < -0.3 is 9.91 Å². The van der Waals surface area contributed by atoms with Crippen molar-refractivity contribution in [2.24, 2.45) is 0 Å². The predicted octanol–water partition coefficient (Wildman–Crippen LogP) is 2.34. The molecule has 0 spiro atoms. The van der Waals surface area contributed by atoms with Gasteiger partial charge in [0.25, 0.3) is 0 Å². The van der Waals surface area contributed by atoms with Crippen molar-refractivity contribution < 1.29 is 9.59 Å². The first-order valence-corrected chi connectivity index (χ1v) is 11.2. The Morgan fingerprint density at radius 2 is 1.81 bits per heavy atom. The average Bonchev–Trinajstić information content (AvgIpc) is 3.41. The molecule has 8 nitrogen and oxygen atoms in total. The maximum absolute atomic E-state index is 13.2. The summed E-state index contributed by atoms with van der Waals surface area (Å²) in [5.74, 6) is -0.0645. The van der Waals surface area contributed by atoms with Crippen LogP contribution in [0.3, 0.4) is 0 Å². The van der Waals surface area contributed by atoms with Crippen molar-refractivity contribution in [2.45, 2.75) is 37.5 Å². The lowest BCUT2D eigenvalue weighted by Gasteiger charge is -2.34. The topological polar surface area (TPSA) is 71.2 Å². The van der Waals surface area contributed by atoms with Crippen molar-refractivity contribution in [1.82, 2.24) is 25.8 Å². The third-order valence-electron chi connectivity index (χ3n) is 6.84. The molecule has 3 unspecified atom stereocenters. The smallest absolute Gasteiger partial charge is 0.311 e. The van der Waals surface area contributed by atoms with E-state index < -0.39 is 0 Å². The van der Waals surface area contributed by atoms with Gasteiger partial charge in [-0.1, -0.05) is 48.5 Å². The second kappa shape index (κ2) is 7.65. The Labute approximate surface area is 187 Å². The molecule has 8 heteroatoms. The van der Waals surface area contributed by atoms with Crippen molar-refractivity contribution in [3.05, 3.63) is 78.1 Å². The lowest BCUT2D eigenvalue weighted by Crippen LogP contribution is -2.54. The molecule has 0 aromatic heterocycles. The van der Waals surface area contributed by atoms with E-state index in [9.17, 15) is 9.59 Å². The van der Waals surface area contributed by atoms with Crippen molar-refractivity contribution >= 4 is 17.6 Å². The number of nitrogens with zero attached hydrogens (tertiary/aromatic N) is 4. The number of hydrogen-bond acceptors (Lipinski definition) is 5. The quantitative estimate of drug-likeness (QED) is 0.782. The first-order chi connectivity index (χ1) is 15.7. The van der Waals surface area contributed by atoms with E-state index in [4.69, 9.17) is 0 Å². The SMILES string of the molecule is O=C(CN1NC2C3CC(c4ccccc4)NN3C=CN2C1=O)N1CCCc2ccccc21. The van der Waals surface area contributed by atoms with E-state index in [-0.39, 0.29) is 36.7 Å². The van der Waals surface area contributed by atoms with Crippen LogP contribution in [0.25, 0.3) is 0 Å². The minimum atomic E-state index is -0.213. The van der Waals surface area contributed by atoms with Gasteiger partial charge in [-0.2, -0.15) is 0 Å². The van der Waals surface area contributed by atoms with E-state index in [0.717, 1.165) is 24.9 Å². The van der Waals surface area contributed by atoms with Crippen LogP contribution in [0.4, 0.5) is 10.5 Å². The largest absolute Gasteiger partial charge is 0.340 e. The summed E-state index contributed by atoms with van der Waals surface area (Å²) in [6.07, 6.45) is 6.26. The molecular formula is C24H26N6O2. The Hall–Kier alpha value is -3.36. The van der Waals surface area contributed by atoms with E-state index in [2.05, 4.69) is 34.1 Å². The fourth-order valence-electron chi connectivity index (χ4n) is 5.25. The lowest BCUT2D eigenvalue weighted by molar-refractivity contribution is -0.119. The molecule has 2 aromatic carbocycles. The summed E-state index contributed by atoms with van der Waals surface area (Å²) < 4.78 is 0. The minimum absolute atomic E-state index is 0.0102. The van der Waals surface area contributed by atoms with Crippen LogP contribution in [0.5, 0.6) is 0 Å². The number of urea groups is 1. The molecule has 3 amide bonds. The standard InChI is InChI=1S/C24H26N6O2/c31-22(27-12-6-10-18-9-4-5-11-20(18)27)16-30-24(32)28-13-14-29-21(23(28)26-30)15-19(25-29)17-7-2-1-3-8-17/h1-5,7-9,11,13-14,19,21,23,25-26H,6,10,12,15-16H2. The van der Waals surface area contributed by atoms with Crippen molar-refractivity contribution in [2.75, 3.05) is 18.0 Å². The summed E-state index contributed by atoms with van der Waals surface area (Å²) in [5, 5.41) is 3.54. The zero-order chi connectivity index (χ0) is 21.7. The Kier molecular flexibility index (Phi) is 4.62. The fraction of sp³-hybridized carbons (Fsp3) is 0.333. The Morgan fingerprint density at radius 3 is 2.69 bits per heavy atom. The molecule has 2 fully saturated rings. The number of amides is 3. The molecule has 32 heavy (non-hydrogen) atoms. The van der Waals surface area contributed by atoms with Crippen LogP contribution in [-0.2, 0) is 11.2 Å². The van der Waals surface area contributed by atoms with Gasteiger partial charge in [-0.25, -0.2) is 20.7 Å². The summed E-state index contributed by atoms with van der Waals surface area (Å²) in [6, 6.07) is 18.4. The van der Waals surface area contributed by atoms with E-state index in [1.807, 2.05) is 47.5 Å². The van der Waals surface area contributed by atoms with E-state index >= 15 is 0 Å². The van der Waals surface area contributed by atoms with E-state index in [0.29, 0.717) is 6.54 Å². The molecule has 4 heterocycles. The highest BCUT2D eigenvalue weighted by molar-refractivity contribution is 5.97. The molecule has 3 atom stereocenters. The van der Waals surface area contributed by atoms with Gasteiger partial charge in [0.05, 0.1) is 12.1 Å². The van der Waals surface area contributed by atoms with Crippen LogP contribution < -0.4 is 15.8 Å². The van der Waals surface area contributed by atoms with Crippen LogP contribution in [-0.4, -0.2) is 52.2 Å². The zero-order valence-corrected chi connectivity index (χ0v) is 17.7. The maximum Gasteiger partial charge on any atom is 0.340 e. The lowest BCUT2D eigenvalue weighted by atomic mass is 10.00. The molecule has 0 radical (unpaired) electrons. The summed E-state index contributed by atoms with van der Waals surface area (Å²) in [5.41, 5.74) is 10.2. The predicted molar refractivity (Wildman–Crippen MR) is 120 cm³/mol. The highest BCUT2D eigenvalue weighted by Crippen LogP contribution is 2.34.